The lowest BCUT2D eigenvalue weighted by molar-refractivity contribution is -0.114. The van der Waals surface area contributed by atoms with Crippen molar-refractivity contribution in [2.45, 2.75) is 20.3 Å². The van der Waals surface area contributed by atoms with Crippen molar-refractivity contribution in [1.82, 2.24) is 0 Å². The van der Waals surface area contributed by atoms with E-state index in [-0.39, 0.29) is 13.0 Å². The second-order valence-corrected chi connectivity index (χ2v) is 4.22. The van der Waals surface area contributed by atoms with Gasteiger partial charge in [0, 0.05) is 13.0 Å². The summed E-state index contributed by atoms with van der Waals surface area (Å²) in [5.41, 5.74) is 2.93. The maximum absolute atomic E-state index is 11.8. The molecule has 0 radical (unpaired) electrons. The quantitative estimate of drug-likeness (QED) is 0.584. The van der Waals surface area contributed by atoms with E-state index in [0.29, 0.717) is 11.3 Å². The zero-order chi connectivity index (χ0) is 12.6. The van der Waals surface area contributed by atoms with Crippen molar-refractivity contribution >= 4 is 23.7 Å². The summed E-state index contributed by atoms with van der Waals surface area (Å²) in [5.74, 6) is -1.00. The van der Waals surface area contributed by atoms with Gasteiger partial charge in [-0.2, -0.15) is 0 Å². The number of ketones is 1. The fourth-order valence-electron chi connectivity index (χ4n) is 2.20. The topological polar surface area (TPSA) is 54.5 Å². The van der Waals surface area contributed by atoms with Crippen molar-refractivity contribution in [2.75, 3.05) is 11.4 Å². The predicted molar refractivity (Wildman–Crippen MR) is 63.3 cm³/mol. The highest BCUT2D eigenvalue weighted by molar-refractivity contribution is 6.52. The van der Waals surface area contributed by atoms with Gasteiger partial charge in [-0.05, 0) is 31.0 Å². The second kappa shape index (κ2) is 4.13. The van der Waals surface area contributed by atoms with Gasteiger partial charge in [0.2, 0.25) is 0 Å². The lowest BCUT2D eigenvalue weighted by Crippen LogP contribution is -2.30. The highest BCUT2D eigenvalue weighted by Crippen LogP contribution is 2.32. The van der Waals surface area contributed by atoms with Gasteiger partial charge < -0.3 is 9.69 Å². The fourth-order valence-corrected chi connectivity index (χ4v) is 2.20. The molecular formula is C13H13NO3. The molecule has 1 amide bonds. The minimum Gasteiger partial charge on any atom is -0.304 e. The van der Waals surface area contributed by atoms with Gasteiger partial charge in [-0.25, -0.2) is 0 Å². The van der Waals surface area contributed by atoms with Crippen molar-refractivity contribution in [3.05, 3.63) is 28.8 Å². The molecule has 0 fully saturated rings. The molecule has 4 heteroatoms. The average molecular weight is 231 g/mol. The highest BCUT2D eigenvalue weighted by atomic mass is 16.2. The molecule has 1 aromatic rings. The predicted octanol–water partition coefficient (Wildman–Crippen LogP) is 1.42. The average Bonchev–Trinajstić information content (AvgIpc) is 2.49. The standard InChI is InChI=1S/C13H13NO3/c1-8-6-9(2)11-10(7-8)14(4-3-5-15)13(17)12(11)16/h5-7H,3-4H2,1-2H3. The molecule has 0 bridgehead atoms. The van der Waals surface area contributed by atoms with Crippen LogP contribution in [0.3, 0.4) is 0 Å². The van der Waals surface area contributed by atoms with Crippen molar-refractivity contribution in [3.8, 4) is 0 Å². The van der Waals surface area contributed by atoms with Gasteiger partial charge in [0.25, 0.3) is 11.7 Å². The molecule has 0 atom stereocenters. The van der Waals surface area contributed by atoms with E-state index in [2.05, 4.69) is 0 Å². The molecule has 88 valence electrons. The first-order valence-corrected chi connectivity index (χ1v) is 5.47. The van der Waals surface area contributed by atoms with Crippen molar-refractivity contribution in [3.63, 3.8) is 0 Å². The summed E-state index contributed by atoms with van der Waals surface area (Å²) < 4.78 is 0. The van der Waals surface area contributed by atoms with E-state index in [9.17, 15) is 14.4 Å². The van der Waals surface area contributed by atoms with Gasteiger partial charge in [-0.1, -0.05) is 6.07 Å². The van der Waals surface area contributed by atoms with Gasteiger partial charge in [-0.3, -0.25) is 9.59 Å². The van der Waals surface area contributed by atoms with Gasteiger partial charge >= 0.3 is 0 Å². The molecule has 1 aliphatic rings. The van der Waals surface area contributed by atoms with Crippen molar-refractivity contribution in [2.24, 2.45) is 0 Å². The molecular weight excluding hydrogens is 218 g/mol. The zero-order valence-corrected chi connectivity index (χ0v) is 9.82. The number of hydrogen-bond donors (Lipinski definition) is 0. The van der Waals surface area contributed by atoms with E-state index in [0.717, 1.165) is 17.4 Å². The van der Waals surface area contributed by atoms with Gasteiger partial charge in [0.15, 0.2) is 0 Å². The van der Waals surface area contributed by atoms with E-state index >= 15 is 0 Å². The summed E-state index contributed by atoms with van der Waals surface area (Å²) in [6, 6.07) is 3.70. The Bertz CT molecular complexity index is 520. The van der Waals surface area contributed by atoms with Crippen LogP contribution >= 0.6 is 0 Å². The fraction of sp³-hybridized carbons (Fsp3) is 0.308. The molecule has 0 aliphatic carbocycles. The van der Waals surface area contributed by atoms with Crippen LogP contribution in [0, 0.1) is 13.8 Å². The number of amides is 1. The first kappa shape index (κ1) is 11.5. The van der Waals surface area contributed by atoms with Gasteiger partial charge in [0.1, 0.15) is 6.29 Å². The third kappa shape index (κ3) is 1.75. The van der Waals surface area contributed by atoms with Gasteiger partial charge in [0.05, 0.1) is 11.3 Å². The monoisotopic (exact) mass is 231 g/mol. The first-order chi connectivity index (χ1) is 8.06. The Morgan fingerprint density at radius 1 is 1.24 bits per heavy atom. The number of carbonyl (C=O) groups excluding carboxylic acids is 3. The maximum atomic E-state index is 11.8. The normalized spacial score (nSPS) is 14.1. The number of rotatable bonds is 3. The van der Waals surface area contributed by atoms with E-state index in [1.54, 1.807) is 0 Å². The molecule has 1 heterocycles. The van der Waals surface area contributed by atoms with E-state index < -0.39 is 11.7 Å². The number of carbonyl (C=O) groups is 3. The highest BCUT2D eigenvalue weighted by Gasteiger charge is 2.36. The summed E-state index contributed by atoms with van der Waals surface area (Å²) >= 11 is 0. The lowest BCUT2D eigenvalue weighted by Gasteiger charge is -2.15. The SMILES string of the molecule is Cc1cc(C)c2c(c1)N(CCC=O)C(=O)C2=O. The van der Waals surface area contributed by atoms with Crippen LogP contribution in [0.5, 0.6) is 0 Å². The molecule has 4 nitrogen and oxygen atoms in total. The summed E-state index contributed by atoms with van der Waals surface area (Å²) in [4.78, 5) is 35.4. The number of aryl methyl sites for hydroxylation is 2. The minimum absolute atomic E-state index is 0.242. The van der Waals surface area contributed by atoms with Crippen molar-refractivity contribution < 1.29 is 14.4 Å². The number of nitrogens with zero attached hydrogens (tertiary/aromatic N) is 1. The third-order valence-corrected chi connectivity index (χ3v) is 2.89. The molecule has 17 heavy (non-hydrogen) atoms. The molecule has 2 rings (SSSR count). The lowest BCUT2D eigenvalue weighted by atomic mass is 10.0. The Labute approximate surface area is 99.2 Å². The molecule has 0 spiro atoms. The summed E-state index contributed by atoms with van der Waals surface area (Å²) in [7, 11) is 0. The molecule has 0 N–H and O–H groups in total. The summed E-state index contributed by atoms with van der Waals surface area (Å²) in [6.07, 6.45) is 0.990. The molecule has 0 saturated carbocycles. The Kier molecular flexibility index (Phi) is 2.79. The number of benzene rings is 1. The van der Waals surface area contributed by atoms with Crippen LogP contribution in [0.25, 0.3) is 0 Å². The first-order valence-electron chi connectivity index (χ1n) is 5.47. The van der Waals surface area contributed by atoms with Crippen LogP contribution < -0.4 is 4.90 Å². The van der Waals surface area contributed by atoms with E-state index in [1.165, 1.54) is 4.90 Å². The third-order valence-electron chi connectivity index (χ3n) is 2.89. The van der Waals surface area contributed by atoms with Crippen LogP contribution in [-0.4, -0.2) is 24.5 Å². The number of fused-ring (bicyclic) bond motifs is 1. The van der Waals surface area contributed by atoms with Crippen molar-refractivity contribution in [1.29, 1.82) is 0 Å². The van der Waals surface area contributed by atoms with E-state index in [4.69, 9.17) is 0 Å². The molecule has 0 unspecified atom stereocenters. The Hall–Kier alpha value is -1.97. The zero-order valence-electron chi connectivity index (χ0n) is 9.82. The molecule has 1 aromatic carbocycles. The largest absolute Gasteiger partial charge is 0.304 e. The second-order valence-electron chi connectivity index (χ2n) is 4.22. The Morgan fingerprint density at radius 3 is 2.59 bits per heavy atom. The summed E-state index contributed by atoms with van der Waals surface area (Å²) in [5, 5.41) is 0. The molecule has 0 saturated heterocycles. The smallest absolute Gasteiger partial charge is 0.299 e. The Morgan fingerprint density at radius 2 is 1.94 bits per heavy atom. The molecule has 1 aliphatic heterocycles. The summed E-state index contributed by atoms with van der Waals surface area (Å²) in [6.45, 7) is 4.00. The van der Waals surface area contributed by atoms with Crippen LogP contribution in [0.4, 0.5) is 5.69 Å². The number of aldehydes is 1. The molecule has 0 aromatic heterocycles. The maximum Gasteiger partial charge on any atom is 0.299 e. The van der Waals surface area contributed by atoms with Crippen LogP contribution in [-0.2, 0) is 9.59 Å². The number of hydrogen-bond acceptors (Lipinski definition) is 3. The van der Waals surface area contributed by atoms with Crippen LogP contribution in [0.1, 0.15) is 27.9 Å². The Balaban J connectivity index is 2.51. The van der Waals surface area contributed by atoms with E-state index in [1.807, 2.05) is 26.0 Å². The van der Waals surface area contributed by atoms with Crippen LogP contribution in [0.2, 0.25) is 0 Å². The van der Waals surface area contributed by atoms with Crippen LogP contribution in [0.15, 0.2) is 12.1 Å². The number of Topliss-reactive ketones (excluding diaryl/α,β-unsaturated/α-hetero) is 1. The van der Waals surface area contributed by atoms with Gasteiger partial charge in [-0.15, -0.1) is 0 Å². The number of anilines is 1. The minimum atomic E-state index is -0.532.